The maximum Gasteiger partial charge on any atom is 0.173 e. The number of nitrogens with one attached hydrogen (secondary N) is 2. The van der Waals surface area contributed by atoms with Crippen molar-refractivity contribution in [3.8, 4) is 23.1 Å². The minimum absolute atomic E-state index is 0.420. The Hall–Kier alpha value is -2.94. The highest BCUT2D eigenvalue weighted by Crippen LogP contribution is 2.33. The van der Waals surface area contributed by atoms with Crippen LogP contribution in [0.15, 0.2) is 30.5 Å². The molecule has 0 bridgehead atoms. The number of imidazole rings is 1. The molecule has 0 saturated heterocycles. The van der Waals surface area contributed by atoms with Crippen LogP contribution in [0.1, 0.15) is 50.5 Å². The van der Waals surface area contributed by atoms with E-state index in [2.05, 4.69) is 16.5 Å². The number of aromatic nitrogens is 3. The minimum atomic E-state index is 0.420. The number of rotatable bonds is 4. The van der Waals surface area contributed by atoms with Crippen molar-refractivity contribution < 1.29 is 4.74 Å². The lowest BCUT2D eigenvalue weighted by molar-refractivity contribution is 0.415. The highest BCUT2D eigenvalue weighted by atomic mass is 16.5. The molecule has 6 heteroatoms. The zero-order valence-corrected chi connectivity index (χ0v) is 15.7. The van der Waals surface area contributed by atoms with Crippen LogP contribution in [0, 0.1) is 11.3 Å². The number of nitriles is 1. The number of nitrogens with zero attached hydrogens (tertiary/aromatic N) is 3. The van der Waals surface area contributed by atoms with E-state index in [9.17, 15) is 5.26 Å². The van der Waals surface area contributed by atoms with Crippen molar-refractivity contribution in [2.45, 2.75) is 51.0 Å². The van der Waals surface area contributed by atoms with E-state index in [1.807, 2.05) is 28.8 Å². The van der Waals surface area contributed by atoms with Crippen LogP contribution in [-0.4, -0.2) is 27.7 Å². The summed E-state index contributed by atoms with van der Waals surface area (Å²) in [5.74, 6) is 1.71. The SMILES string of the molecule is COc1cccc(-c2nc3c(C#N)c[nH]n3c2NC2CCCCCCC2)c1. The molecular formula is C21H25N5O. The van der Waals surface area contributed by atoms with Gasteiger partial charge < -0.3 is 10.1 Å². The second-order valence-corrected chi connectivity index (χ2v) is 7.19. The molecule has 2 N–H and O–H groups in total. The first-order valence-corrected chi connectivity index (χ1v) is 9.71. The first-order chi connectivity index (χ1) is 13.3. The number of benzene rings is 1. The highest BCUT2D eigenvalue weighted by Gasteiger charge is 2.21. The van der Waals surface area contributed by atoms with Crippen molar-refractivity contribution in [3.63, 3.8) is 0 Å². The number of ether oxygens (including phenoxy) is 1. The van der Waals surface area contributed by atoms with Crippen LogP contribution in [0.5, 0.6) is 5.75 Å². The zero-order chi connectivity index (χ0) is 18.6. The Balaban J connectivity index is 1.76. The van der Waals surface area contributed by atoms with Gasteiger partial charge in [0.15, 0.2) is 11.5 Å². The normalized spacial score (nSPS) is 15.9. The molecule has 0 unspecified atom stereocenters. The van der Waals surface area contributed by atoms with Crippen LogP contribution in [0.4, 0.5) is 5.82 Å². The van der Waals surface area contributed by atoms with E-state index in [-0.39, 0.29) is 0 Å². The van der Waals surface area contributed by atoms with E-state index in [4.69, 9.17) is 9.72 Å². The van der Waals surface area contributed by atoms with Crippen molar-refractivity contribution in [1.29, 1.82) is 5.26 Å². The topological polar surface area (TPSA) is 78.1 Å². The summed E-state index contributed by atoms with van der Waals surface area (Å²) in [6.07, 6.45) is 10.5. The van der Waals surface area contributed by atoms with Crippen LogP contribution < -0.4 is 10.1 Å². The van der Waals surface area contributed by atoms with Crippen molar-refractivity contribution in [2.75, 3.05) is 12.4 Å². The van der Waals surface area contributed by atoms with Gasteiger partial charge >= 0.3 is 0 Å². The third-order valence-electron chi connectivity index (χ3n) is 5.37. The average molecular weight is 363 g/mol. The predicted octanol–water partition coefficient (Wildman–Crippen LogP) is 4.73. The molecule has 1 saturated carbocycles. The maximum atomic E-state index is 9.40. The maximum absolute atomic E-state index is 9.40. The van der Waals surface area contributed by atoms with Gasteiger partial charge in [-0.25, -0.2) is 9.50 Å². The molecule has 2 heterocycles. The number of anilines is 1. The fourth-order valence-electron chi connectivity index (χ4n) is 3.90. The van der Waals surface area contributed by atoms with Gasteiger partial charge in [0, 0.05) is 17.8 Å². The van der Waals surface area contributed by atoms with Gasteiger partial charge in [0.05, 0.1) is 7.11 Å². The first kappa shape index (κ1) is 17.5. The van der Waals surface area contributed by atoms with Gasteiger partial charge in [-0.1, -0.05) is 44.2 Å². The quantitative estimate of drug-likeness (QED) is 0.702. The van der Waals surface area contributed by atoms with Gasteiger partial charge in [-0.05, 0) is 25.0 Å². The lowest BCUT2D eigenvalue weighted by atomic mass is 9.96. The largest absolute Gasteiger partial charge is 0.497 e. The standard InChI is InChI=1S/C21H25N5O/c1-27-18-11-7-8-15(12-18)19-21(24-17-9-5-3-2-4-6-10-17)26-20(25-19)16(13-22)14-23-26/h7-8,11-12,14,17,23-24H,2-6,9-10H2,1H3. The monoisotopic (exact) mass is 363 g/mol. The van der Waals surface area contributed by atoms with Gasteiger partial charge in [0.25, 0.3) is 0 Å². The second kappa shape index (κ2) is 7.75. The molecule has 27 heavy (non-hydrogen) atoms. The van der Waals surface area contributed by atoms with Crippen LogP contribution in [0.2, 0.25) is 0 Å². The molecule has 6 nitrogen and oxygen atoms in total. The molecule has 0 spiro atoms. The van der Waals surface area contributed by atoms with Crippen molar-refractivity contribution in [1.82, 2.24) is 14.6 Å². The van der Waals surface area contributed by atoms with E-state index in [0.717, 1.165) is 35.7 Å². The molecule has 0 aliphatic heterocycles. The number of aromatic amines is 1. The number of hydrogen-bond donors (Lipinski definition) is 2. The van der Waals surface area contributed by atoms with E-state index in [1.54, 1.807) is 13.3 Å². The van der Waals surface area contributed by atoms with Gasteiger partial charge in [0.2, 0.25) is 0 Å². The van der Waals surface area contributed by atoms with Crippen molar-refractivity contribution >= 4 is 11.5 Å². The van der Waals surface area contributed by atoms with Crippen LogP contribution in [0.25, 0.3) is 16.9 Å². The summed E-state index contributed by atoms with van der Waals surface area (Å²) in [5.41, 5.74) is 3.02. The van der Waals surface area contributed by atoms with E-state index >= 15 is 0 Å². The third kappa shape index (κ3) is 3.50. The number of methoxy groups -OCH3 is 1. The number of hydrogen-bond acceptors (Lipinski definition) is 4. The summed E-state index contributed by atoms with van der Waals surface area (Å²) < 4.78 is 7.28. The second-order valence-electron chi connectivity index (χ2n) is 7.19. The zero-order valence-electron chi connectivity index (χ0n) is 15.7. The van der Waals surface area contributed by atoms with Crippen molar-refractivity contribution in [3.05, 3.63) is 36.0 Å². The Morgan fingerprint density at radius 2 is 2.00 bits per heavy atom. The van der Waals surface area contributed by atoms with Crippen LogP contribution in [-0.2, 0) is 0 Å². The molecule has 1 fully saturated rings. The molecule has 2 aromatic heterocycles. The van der Waals surface area contributed by atoms with Gasteiger partial charge in [0.1, 0.15) is 23.1 Å². The molecule has 140 valence electrons. The summed E-state index contributed by atoms with van der Waals surface area (Å²) in [6, 6.07) is 10.5. The molecule has 1 aromatic carbocycles. The smallest absolute Gasteiger partial charge is 0.173 e. The third-order valence-corrected chi connectivity index (χ3v) is 5.37. The molecule has 0 atom stereocenters. The molecule has 3 aromatic rings. The van der Waals surface area contributed by atoms with Crippen LogP contribution >= 0.6 is 0 Å². The lowest BCUT2D eigenvalue weighted by Gasteiger charge is -2.22. The van der Waals surface area contributed by atoms with Gasteiger partial charge in [-0.2, -0.15) is 5.26 Å². The summed E-state index contributed by atoms with van der Waals surface area (Å²) in [4.78, 5) is 4.79. The molecule has 0 amide bonds. The minimum Gasteiger partial charge on any atom is -0.497 e. The lowest BCUT2D eigenvalue weighted by Crippen LogP contribution is -2.22. The summed E-state index contributed by atoms with van der Waals surface area (Å²) >= 11 is 0. The van der Waals surface area contributed by atoms with Crippen molar-refractivity contribution in [2.24, 2.45) is 0 Å². The molecule has 4 rings (SSSR count). The Kier molecular flexibility index (Phi) is 5.01. The Morgan fingerprint density at radius 1 is 1.22 bits per heavy atom. The Morgan fingerprint density at radius 3 is 2.74 bits per heavy atom. The van der Waals surface area contributed by atoms with E-state index in [0.29, 0.717) is 17.3 Å². The van der Waals surface area contributed by atoms with E-state index < -0.39 is 0 Å². The number of H-pyrrole nitrogens is 1. The summed E-state index contributed by atoms with van der Waals surface area (Å²) in [7, 11) is 1.66. The fraction of sp³-hybridized carbons (Fsp3) is 0.429. The Labute approximate surface area is 159 Å². The molecule has 1 aliphatic rings. The van der Waals surface area contributed by atoms with Gasteiger partial charge in [-0.3, -0.25) is 5.10 Å². The molecule has 1 aliphatic carbocycles. The van der Waals surface area contributed by atoms with E-state index in [1.165, 1.54) is 32.1 Å². The average Bonchev–Trinajstić information content (AvgIpc) is 3.23. The van der Waals surface area contributed by atoms with Crippen LogP contribution in [0.3, 0.4) is 0 Å². The molecular weight excluding hydrogens is 338 g/mol. The van der Waals surface area contributed by atoms with Gasteiger partial charge in [-0.15, -0.1) is 0 Å². The predicted molar refractivity (Wildman–Crippen MR) is 106 cm³/mol. The highest BCUT2D eigenvalue weighted by molar-refractivity contribution is 5.78. The molecule has 0 radical (unpaired) electrons. The first-order valence-electron chi connectivity index (χ1n) is 9.71. The Bertz CT molecular complexity index is 957. The summed E-state index contributed by atoms with van der Waals surface area (Å²) in [6.45, 7) is 0. The summed E-state index contributed by atoms with van der Waals surface area (Å²) in [5, 5.41) is 16.3. The fourth-order valence-corrected chi connectivity index (χ4v) is 3.90. The number of fused-ring (bicyclic) bond motifs is 1.